The van der Waals surface area contributed by atoms with Gasteiger partial charge in [-0.3, -0.25) is 4.99 Å². The van der Waals surface area contributed by atoms with E-state index in [1.807, 2.05) is 31.3 Å². The Balaban J connectivity index is 0.00000280. The Morgan fingerprint density at radius 3 is 2.71 bits per heavy atom. The van der Waals surface area contributed by atoms with Crippen molar-refractivity contribution in [1.29, 1.82) is 0 Å². The number of likely N-dealkylation sites (tertiary alicyclic amines) is 1. The maximum Gasteiger partial charge on any atom is 0.193 e. The van der Waals surface area contributed by atoms with Gasteiger partial charge in [0.15, 0.2) is 5.96 Å². The molecule has 1 saturated heterocycles. The van der Waals surface area contributed by atoms with E-state index in [2.05, 4.69) is 45.5 Å². The summed E-state index contributed by atoms with van der Waals surface area (Å²) in [5, 5.41) is 4.26. The van der Waals surface area contributed by atoms with Crippen LogP contribution < -0.4 is 5.32 Å². The van der Waals surface area contributed by atoms with Crippen molar-refractivity contribution in [2.24, 2.45) is 10.9 Å². The van der Waals surface area contributed by atoms with E-state index in [9.17, 15) is 0 Å². The normalized spacial score (nSPS) is 16.7. The summed E-state index contributed by atoms with van der Waals surface area (Å²) in [4.78, 5) is 6.77. The van der Waals surface area contributed by atoms with Gasteiger partial charge in [-0.1, -0.05) is 54.1 Å². The lowest BCUT2D eigenvalue weighted by Crippen LogP contribution is -2.41. The molecule has 0 amide bonds. The first-order chi connectivity index (χ1) is 13.2. The van der Waals surface area contributed by atoms with Gasteiger partial charge in [0, 0.05) is 37.6 Å². The highest BCUT2D eigenvalue weighted by molar-refractivity contribution is 14.0. The molecule has 0 spiro atoms. The number of rotatable bonds is 7. The van der Waals surface area contributed by atoms with E-state index in [1.54, 1.807) is 0 Å². The predicted octanol–water partition coefficient (Wildman–Crippen LogP) is 4.61. The first-order valence-corrected chi connectivity index (χ1v) is 9.94. The van der Waals surface area contributed by atoms with E-state index in [0.29, 0.717) is 12.5 Å². The van der Waals surface area contributed by atoms with E-state index < -0.39 is 0 Å². The van der Waals surface area contributed by atoms with Gasteiger partial charge in [-0.2, -0.15) is 0 Å². The molecule has 1 unspecified atom stereocenters. The molecule has 1 heterocycles. The van der Waals surface area contributed by atoms with Gasteiger partial charge < -0.3 is 15.0 Å². The van der Waals surface area contributed by atoms with Crippen LogP contribution in [0.4, 0.5) is 0 Å². The average molecular weight is 514 g/mol. The Labute approximate surface area is 190 Å². The van der Waals surface area contributed by atoms with Crippen LogP contribution in [0.2, 0.25) is 5.02 Å². The molecule has 0 radical (unpaired) electrons. The number of hydrogen-bond acceptors (Lipinski definition) is 2. The highest BCUT2D eigenvalue weighted by Gasteiger charge is 2.24. The smallest absolute Gasteiger partial charge is 0.193 e. The van der Waals surface area contributed by atoms with E-state index in [-0.39, 0.29) is 24.0 Å². The van der Waals surface area contributed by atoms with Crippen LogP contribution in [0.1, 0.15) is 17.5 Å². The quantitative estimate of drug-likeness (QED) is 0.334. The summed E-state index contributed by atoms with van der Waals surface area (Å²) in [6.45, 7) is 4.34. The zero-order chi connectivity index (χ0) is 18.9. The molecular formula is C22H29ClIN3O. The third-order valence-electron chi connectivity index (χ3n) is 4.85. The third-order valence-corrected chi connectivity index (χ3v) is 5.08. The number of nitrogens with one attached hydrogen (secondary N) is 1. The minimum Gasteiger partial charge on any atom is -0.376 e. The standard InChI is InChI=1S/C22H28ClN3O.HI/c1-24-22(25-12-10-18-8-5-9-21(23)14-18)26-13-11-20(15-26)17-27-16-19-6-3-2-4-7-19;/h2-9,14,20H,10-13,15-17H2,1H3,(H,24,25);1H. The topological polar surface area (TPSA) is 36.9 Å². The van der Waals surface area contributed by atoms with Gasteiger partial charge in [0.05, 0.1) is 13.2 Å². The van der Waals surface area contributed by atoms with Crippen molar-refractivity contribution in [3.8, 4) is 0 Å². The van der Waals surface area contributed by atoms with Crippen molar-refractivity contribution in [3.05, 3.63) is 70.7 Å². The second-order valence-corrected chi connectivity index (χ2v) is 7.39. The average Bonchev–Trinajstić information content (AvgIpc) is 3.15. The summed E-state index contributed by atoms with van der Waals surface area (Å²) in [6.07, 6.45) is 2.07. The molecule has 0 bridgehead atoms. The molecular weight excluding hydrogens is 485 g/mol. The van der Waals surface area contributed by atoms with Crippen molar-refractivity contribution in [2.45, 2.75) is 19.4 Å². The van der Waals surface area contributed by atoms with Crippen LogP contribution in [-0.2, 0) is 17.8 Å². The predicted molar refractivity (Wildman–Crippen MR) is 128 cm³/mol. The minimum atomic E-state index is 0. The van der Waals surface area contributed by atoms with Crippen LogP contribution >= 0.6 is 35.6 Å². The lowest BCUT2D eigenvalue weighted by atomic mass is 10.1. The fourth-order valence-corrected chi connectivity index (χ4v) is 3.64. The van der Waals surface area contributed by atoms with Crippen molar-refractivity contribution >= 4 is 41.5 Å². The van der Waals surface area contributed by atoms with E-state index in [0.717, 1.165) is 50.1 Å². The first-order valence-electron chi connectivity index (χ1n) is 9.56. The molecule has 6 heteroatoms. The van der Waals surface area contributed by atoms with Gasteiger partial charge in [-0.25, -0.2) is 0 Å². The molecule has 28 heavy (non-hydrogen) atoms. The van der Waals surface area contributed by atoms with Crippen LogP contribution in [0.3, 0.4) is 0 Å². The van der Waals surface area contributed by atoms with Gasteiger partial charge in [-0.15, -0.1) is 24.0 Å². The second kappa shape index (κ2) is 12.3. The number of halogens is 2. The molecule has 0 saturated carbocycles. The maximum absolute atomic E-state index is 6.05. The molecule has 1 fully saturated rings. The molecule has 4 nitrogen and oxygen atoms in total. The number of ether oxygens (including phenoxy) is 1. The molecule has 3 rings (SSSR count). The molecule has 1 atom stereocenters. The van der Waals surface area contributed by atoms with Crippen molar-refractivity contribution < 1.29 is 4.74 Å². The lowest BCUT2D eigenvalue weighted by Gasteiger charge is -2.21. The fraction of sp³-hybridized carbons (Fsp3) is 0.409. The fourth-order valence-electron chi connectivity index (χ4n) is 3.42. The SMILES string of the molecule is CN=C(NCCc1cccc(Cl)c1)N1CCC(COCc2ccccc2)C1.I. The highest BCUT2D eigenvalue weighted by atomic mass is 127. The van der Waals surface area contributed by atoms with Gasteiger partial charge in [0.1, 0.15) is 0 Å². The summed E-state index contributed by atoms with van der Waals surface area (Å²) >= 11 is 6.05. The monoisotopic (exact) mass is 513 g/mol. The Hall–Kier alpha value is -1.31. The third kappa shape index (κ3) is 7.26. The summed E-state index contributed by atoms with van der Waals surface area (Å²) < 4.78 is 5.92. The van der Waals surface area contributed by atoms with Crippen LogP contribution in [0.15, 0.2) is 59.6 Å². The number of guanidine groups is 1. The second-order valence-electron chi connectivity index (χ2n) is 6.96. The van der Waals surface area contributed by atoms with Crippen molar-refractivity contribution in [2.75, 3.05) is 33.3 Å². The van der Waals surface area contributed by atoms with Gasteiger partial charge in [0.25, 0.3) is 0 Å². The van der Waals surface area contributed by atoms with E-state index in [1.165, 1.54) is 11.1 Å². The zero-order valence-electron chi connectivity index (χ0n) is 16.3. The zero-order valence-corrected chi connectivity index (χ0v) is 19.4. The largest absolute Gasteiger partial charge is 0.376 e. The number of hydrogen-bond donors (Lipinski definition) is 1. The molecule has 152 valence electrons. The maximum atomic E-state index is 6.05. The van der Waals surface area contributed by atoms with Crippen LogP contribution in [0.5, 0.6) is 0 Å². The first kappa shape index (κ1) is 23.0. The number of aliphatic imine (C=N–C) groups is 1. The Morgan fingerprint density at radius 2 is 1.96 bits per heavy atom. The van der Waals surface area contributed by atoms with Gasteiger partial charge in [-0.05, 0) is 36.1 Å². The number of nitrogens with zero attached hydrogens (tertiary/aromatic N) is 2. The molecule has 0 aliphatic carbocycles. The molecule has 2 aromatic rings. The summed E-state index contributed by atoms with van der Waals surface area (Å²) in [6, 6.07) is 18.4. The molecule has 2 aromatic carbocycles. The van der Waals surface area contributed by atoms with Gasteiger partial charge >= 0.3 is 0 Å². The summed E-state index contributed by atoms with van der Waals surface area (Å²) in [5.74, 6) is 1.53. The van der Waals surface area contributed by atoms with Crippen molar-refractivity contribution in [1.82, 2.24) is 10.2 Å². The van der Waals surface area contributed by atoms with E-state index >= 15 is 0 Å². The molecule has 1 N–H and O–H groups in total. The molecule has 1 aliphatic rings. The van der Waals surface area contributed by atoms with Crippen molar-refractivity contribution in [3.63, 3.8) is 0 Å². The van der Waals surface area contributed by atoms with Gasteiger partial charge in [0.2, 0.25) is 0 Å². The summed E-state index contributed by atoms with van der Waals surface area (Å²) in [5.41, 5.74) is 2.46. The van der Waals surface area contributed by atoms with Crippen LogP contribution in [0, 0.1) is 5.92 Å². The van der Waals surface area contributed by atoms with E-state index in [4.69, 9.17) is 16.3 Å². The molecule has 1 aliphatic heterocycles. The minimum absolute atomic E-state index is 0. The molecule has 0 aromatic heterocycles. The lowest BCUT2D eigenvalue weighted by molar-refractivity contribution is 0.0907. The van der Waals surface area contributed by atoms with Crippen LogP contribution in [-0.4, -0.2) is 44.1 Å². The summed E-state index contributed by atoms with van der Waals surface area (Å²) in [7, 11) is 1.85. The number of benzene rings is 2. The van der Waals surface area contributed by atoms with Crippen LogP contribution in [0.25, 0.3) is 0 Å². The Kier molecular flexibility index (Phi) is 10.1. The highest BCUT2D eigenvalue weighted by Crippen LogP contribution is 2.17. The Bertz CT molecular complexity index is 742. The Morgan fingerprint density at radius 1 is 1.18 bits per heavy atom.